The predicted octanol–water partition coefficient (Wildman–Crippen LogP) is 2.70. The lowest BCUT2D eigenvalue weighted by atomic mass is 10.2. The number of nitrogens with one attached hydrogen (secondary N) is 2. The highest BCUT2D eigenvalue weighted by Crippen LogP contribution is 2.16. The van der Waals surface area contributed by atoms with Crippen LogP contribution in [0.4, 0.5) is 10.8 Å². The zero-order valence-electron chi connectivity index (χ0n) is 11.2. The predicted molar refractivity (Wildman–Crippen MR) is 82.4 cm³/mol. The Balaban J connectivity index is 2.10. The minimum atomic E-state index is -0.412. The number of allylic oxidation sites excluding steroid dienone is 1. The van der Waals surface area contributed by atoms with E-state index < -0.39 is 5.91 Å². The number of hydrogen-bond acceptors (Lipinski definition) is 5. The third-order valence-electron chi connectivity index (χ3n) is 2.53. The Bertz CT molecular complexity index is 640. The van der Waals surface area contributed by atoms with Gasteiger partial charge in [0.15, 0.2) is 10.8 Å². The van der Waals surface area contributed by atoms with Gasteiger partial charge in [0, 0.05) is 24.2 Å². The molecule has 0 bridgehead atoms. The van der Waals surface area contributed by atoms with Crippen molar-refractivity contribution in [1.29, 1.82) is 0 Å². The maximum absolute atomic E-state index is 12.2. The molecule has 0 spiro atoms. The van der Waals surface area contributed by atoms with Gasteiger partial charge in [-0.15, -0.1) is 17.9 Å². The van der Waals surface area contributed by atoms with E-state index in [-0.39, 0.29) is 11.6 Å². The van der Waals surface area contributed by atoms with E-state index in [0.717, 1.165) is 0 Å². The van der Waals surface area contributed by atoms with Crippen molar-refractivity contribution in [2.75, 3.05) is 10.6 Å². The summed E-state index contributed by atoms with van der Waals surface area (Å²) < 4.78 is 0. The molecule has 0 saturated carbocycles. The Labute approximate surface area is 125 Å². The van der Waals surface area contributed by atoms with E-state index in [1.165, 1.54) is 17.5 Å². The van der Waals surface area contributed by atoms with Gasteiger partial charge in [0.25, 0.3) is 5.91 Å². The van der Waals surface area contributed by atoms with Crippen LogP contribution >= 0.6 is 11.3 Å². The van der Waals surface area contributed by atoms with Crippen molar-refractivity contribution in [2.45, 2.75) is 12.8 Å². The first kappa shape index (κ1) is 14.9. The lowest BCUT2D eigenvalue weighted by molar-refractivity contribution is -0.116. The molecule has 108 valence electrons. The standard InChI is InChI=1S/C14H14N4O2S/c1-2-3-6-11(19)17-10-5-4-7-15-12(10)13(20)18-14-16-8-9-21-14/h2,4-5,7-9H,1,3,6H2,(H,17,19)(H,16,18,20). The van der Waals surface area contributed by atoms with Crippen LogP contribution in [0.2, 0.25) is 0 Å². The van der Waals surface area contributed by atoms with Crippen molar-refractivity contribution < 1.29 is 9.59 Å². The Hall–Kier alpha value is -2.54. The average Bonchev–Trinajstić information content (AvgIpc) is 2.98. The van der Waals surface area contributed by atoms with Gasteiger partial charge in [-0.1, -0.05) is 6.08 Å². The SMILES string of the molecule is C=CCCC(=O)Nc1cccnc1C(=O)Nc1nccs1. The number of nitrogens with zero attached hydrogens (tertiary/aromatic N) is 2. The van der Waals surface area contributed by atoms with Crippen LogP contribution in [0.1, 0.15) is 23.3 Å². The Morgan fingerprint density at radius 3 is 2.86 bits per heavy atom. The molecule has 2 N–H and O–H groups in total. The van der Waals surface area contributed by atoms with Crippen molar-refractivity contribution in [2.24, 2.45) is 0 Å². The van der Waals surface area contributed by atoms with Crippen LogP contribution in [-0.2, 0) is 4.79 Å². The number of aromatic nitrogens is 2. The molecule has 2 rings (SSSR count). The molecular weight excluding hydrogens is 288 g/mol. The zero-order valence-corrected chi connectivity index (χ0v) is 12.0. The fraction of sp³-hybridized carbons (Fsp3) is 0.143. The van der Waals surface area contributed by atoms with Gasteiger partial charge in [0.1, 0.15) is 0 Å². The second kappa shape index (κ2) is 7.30. The fourth-order valence-electron chi connectivity index (χ4n) is 1.57. The van der Waals surface area contributed by atoms with Crippen LogP contribution in [0.15, 0.2) is 42.6 Å². The highest BCUT2D eigenvalue weighted by atomic mass is 32.1. The third kappa shape index (κ3) is 4.22. The van der Waals surface area contributed by atoms with Gasteiger partial charge >= 0.3 is 0 Å². The van der Waals surface area contributed by atoms with Gasteiger partial charge in [-0.05, 0) is 18.6 Å². The van der Waals surface area contributed by atoms with Gasteiger partial charge in [-0.25, -0.2) is 9.97 Å². The van der Waals surface area contributed by atoms with Crippen LogP contribution in [0, 0.1) is 0 Å². The molecule has 2 amide bonds. The number of pyridine rings is 1. The summed E-state index contributed by atoms with van der Waals surface area (Å²) in [6, 6.07) is 3.29. The first-order valence-electron chi connectivity index (χ1n) is 6.27. The number of anilines is 2. The van der Waals surface area contributed by atoms with E-state index >= 15 is 0 Å². The third-order valence-corrected chi connectivity index (χ3v) is 3.21. The van der Waals surface area contributed by atoms with Crippen LogP contribution < -0.4 is 10.6 Å². The van der Waals surface area contributed by atoms with E-state index in [4.69, 9.17) is 0 Å². The van der Waals surface area contributed by atoms with Crippen molar-refractivity contribution >= 4 is 34.0 Å². The molecule has 2 aromatic heterocycles. The molecule has 0 aliphatic carbocycles. The molecule has 0 aromatic carbocycles. The molecule has 0 radical (unpaired) electrons. The normalized spacial score (nSPS) is 9.90. The van der Waals surface area contributed by atoms with Crippen molar-refractivity contribution in [3.05, 3.63) is 48.3 Å². The Morgan fingerprint density at radius 2 is 2.14 bits per heavy atom. The number of hydrogen-bond donors (Lipinski definition) is 2. The van der Waals surface area contributed by atoms with E-state index in [0.29, 0.717) is 23.7 Å². The Kier molecular flexibility index (Phi) is 5.16. The summed E-state index contributed by atoms with van der Waals surface area (Å²) in [4.78, 5) is 31.9. The summed E-state index contributed by atoms with van der Waals surface area (Å²) in [5.41, 5.74) is 0.528. The lowest BCUT2D eigenvalue weighted by Gasteiger charge is -2.09. The van der Waals surface area contributed by atoms with Crippen LogP contribution in [0.3, 0.4) is 0 Å². The molecule has 2 heterocycles. The molecule has 0 aliphatic rings. The molecular formula is C14H14N4O2S. The van der Waals surface area contributed by atoms with Crippen LogP contribution in [0.5, 0.6) is 0 Å². The summed E-state index contributed by atoms with van der Waals surface area (Å²) in [6.07, 6.45) is 5.64. The molecule has 0 unspecified atom stereocenters. The summed E-state index contributed by atoms with van der Waals surface area (Å²) >= 11 is 1.31. The molecule has 21 heavy (non-hydrogen) atoms. The van der Waals surface area contributed by atoms with Gasteiger partial charge in [0.05, 0.1) is 5.69 Å². The number of amides is 2. The molecule has 0 saturated heterocycles. The highest BCUT2D eigenvalue weighted by molar-refractivity contribution is 7.13. The molecule has 0 aliphatic heterocycles. The summed E-state index contributed by atoms with van der Waals surface area (Å²) in [7, 11) is 0. The zero-order chi connectivity index (χ0) is 15.1. The number of rotatable bonds is 6. The molecule has 0 fully saturated rings. The second-order valence-electron chi connectivity index (χ2n) is 4.07. The van der Waals surface area contributed by atoms with Crippen molar-refractivity contribution in [1.82, 2.24) is 9.97 Å². The van der Waals surface area contributed by atoms with E-state index in [2.05, 4.69) is 27.2 Å². The minimum Gasteiger partial charge on any atom is -0.324 e. The quantitative estimate of drug-likeness (QED) is 0.804. The fourth-order valence-corrected chi connectivity index (χ4v) is 2.10. The average molecular weight is 302 g/mol. The largest absolute Gasteiger partial charge is 0.324 e. The van der Waals surface area contributed by atoms with Gasteiger partial charge in [0.2, 0.25) is 5.91 Å². The van der Waals surface area contributed by atoms with Crippen molar-refractivity contribution in [3.63, 3.8) is 0 Å². The topological polar surface area (TPSA) is 84.0 Å². The van der Waals surface area contributed by atoms with Gasteiger partial charge in [-0.3, -0.25) is 14.9 Å². The van der Waals surface area contributed by atoms with Gasteiger partial charge < -0.3 is 5.32 Å². The molecule has 0 atom stereocenters. The van der Waals surface area contributed by atoms with Crippen molar-refractivity contribution in [3.8, 4) is 0 Å². The number of carbonyl (C=O) groups excluding carboxylic acids is 2. The maximum Gasteiger partial charge on any atom is 0.278 e. The van der Waals surface area contributed by atoms with E-state index in [1.54, 1.807) is 29.8 Å². The lowest BCUT2D eigenvalue weighted by Crippen LogP contribution is -2.19. The van der Waals surface area contributed by atoms with Crippen LogP contribution in [-0.4, -0.2) is 21.8 Å². The molecule has 6 nitrogen and oxygen atoms in total. The highest BCUT2D eigenvalue weighted by Gasteiger charge is 2.15. The second-order valence-corrected chi connectivity index (χ2v) is 4.96. The summed E-state index contributed by atoms with van der Waals surface area (Å²) in [5.74, 6) is -0.601. The first-order chi connectivity index (χ1) is 10.2. The molecule has 7 heteroatoms. The van der Waals surface area contributed by atoms with E-state index in [1.807, 2.05) is 0 Å². The number of thiazole rings is 1. The van der Waals surface area contributed by atoms with Crippen LogP contribution in [0.25, 0.3) is 0 Å². The minimum absolute atomic E-state index is 0.152. The molecule has 2 aromatic rings. The monoisotopic (exact) mass is 302 g/mol. The maximum atomic E-state index is 12.2. The summed E-state index contributed by atoms with van der Waals surface area (Å²) in [6.45, 7) is 3.56. The first-order valence-corrected chi connectivity index (χ1v) is 7.15. The Morgan fingerprint density at radius 1 is 1.29 bits per heavy atom. The smallest absolute Gasteiger partial charge is 0.278 e. The van der Waals surface area contributed by atoms with Gasteiger partial charge in [-0.2, -0.15) is 0 Å². The summed E-state index contributed by atoms with van der Waals surface area (Å²) in [5, 5.41) is 7.55. The van der Waals surface area contributed by atoms with E-state index in [9.17, 15) is 9.59 Å². The number of carbonyl (C=O) groups is 2.